The van der Waals surface area contributed by atoms with Crippen molar-refractivity contribution in [3.63, 3.8) is 0 Å². The first-order valence-electron chi connectivity index (χ1n) is 10.1. The molecule has 3 atom stereocenters. The molecule has 0 aliphatic rings. The van der Waals surface area contributed by atoms with Gasteiger partial charge in [-0.1, -0.05) is 18.2 Å². The van der Waals surface area contributed by atoms with Gasteiger partial charge in [-0.25, -0.2) is 18.1 Å². The van der Waals surface area contributed by atoms with E-state index in [0.29, 0.717) is 11.1 Å². The van der Waals surface area contributed by atoms with Crippen molar-refractivity contribution in [1.29, 1.82) is 0 Å². The highest BCUT2D eigenvalue weighted by molar-refractivity contribution is 7.84. The lowest BCUT2D eigenvalue weighted by Gasteiger charge is -2.42. The first-order chi connectivity index (χ1) is 14.3. The van der Waals surface area contributed by atoms with Crippen molar-refractivity contribution in [1.82, 2.24) is 15.0 Å². The fourth-order valence-corrected chi connectivity index (χ4v) is 4.08. The van der Waals surface area contributed by atoms with Crippen molar-refractivity contribution >= 4 is 17.1 Å². The van der Waals surface area contributed by atoms with E-state index < -0.39 is 44.8 Å². The molecule has 0 saturated carbocycles. The normalized spacial score (nSPS) is 16.1. The maximum absolute atomic E-state index is 13.7. The van der Waals surface area contributed by atoms with Crippen molar-refractivity contribution in [3.05, 3.63) is 65.7 Å². The van der Waals surface area contributed by atoms with E-state index in [1.807, 2.05) is 26.8 Å². The molecular weight excluding hydrogens is 417 g/mol. The fraction of sp³-hybridized carbons (Fsp3) is 0.478. The summed E-state index contributed by atoms with van der Waals surface area (Å²) in [5, 5.41) is 2.87. The summed E-state index contributed by atoms with van der Waals surface area (Å²) in [6, 6.07) is 8.85. The molecule has 31 heavy (non-hydrogen) atoms. The van der Waals surface area contributed by atoms with Crippen molar-refractivity contribution in [3.8, 4) is 0 Å². The molecule has 1 amide bonds. The van der Waals surface area contributed by atoms with Crippen LogP contribution in [-0.2, 0) is 21.3 Å². The predicted molar refractivity (Wildman–Crippen MR) is 121 cm³/mol. The van der Waals surface area contributed by atoms with Gasteiger partial charge in [0.1, 0.15) is 17.0 Å². The lowest BCUT2D eigenvalue weighted by molar-refractivity contribution is 0.0487. The molecule has 0 aliphatic heterocycles. The molecule has 0 saturated heterocycles. The number of pyridine rings is 1. The Kier molecular flexibility index (Phi) is 7.60. The third kappa shape index (κ3) is 6.33. The number of carbonyl (C=O) groups is 1. The Labute approximate surface area is 186 Å². The van der Waals surface area contributed by atoms with E-state index in [1.54, 1.807) is 58.3 Å². The lowest BCUT2D eigenvalue weighted by atomic mass is 9.79. The van der Waals surface area contributed by atoms with Crippen molar-refractivity contribution in [2.75, 3.05) is 0 Å². The van der Waals surface area contributed by atoms with E-state index in [4.69, 9.17) is 4.74 Å². The summed E-state index contributed by atoms with van der Waals surface area (Å²) < 4.78 is 35.1. The third-order valence-corrected chi connectivity index (χ3v) is 6.23. The molecule has 0 fully saturated rings. The fourth-order valence-electron chi connectivity index (χ4n) is 3.07. The Bertz CT molecular complexity index is 908. The highest BCUT2D eigenvalue weighted by atomic mass is 32.2. The molecule has 1 heterocycles. The number of nitrogens with zero attached hydrogens (tertiary/aromatic N) is 1. The van der Waals surface area contributed by atoms with Crippen LogP contribution in [0.5, 0.6) is 0 Å². The zero-order valence-electron chi connectivity index (χ0n) is 19.2. The molecule has 2 rings (SSSR count). The van der Waals surface area contributed by atoms with Crippen LogP contribution in [0.1, 0.15) is 59.6 Å². The quantitative estimate of drug-likeness (QED) is 0.684. The Morgan fingerprint density at radius 1 is 1.06 bits per heavy atom. The number of rotatable bonds is 6. The number of hydrogen-bond acceptors (Lipinski definition) is 4. The topological polar surface area (TPSA) is 80.3 Å². The minimum atomic E-state index is -1.53. The van der Waals surface area contributed by atoms with Crippen LogP contribution in [0.4, 0.5) is 9.18 Å². The first kappa shape index (κ1) is 24.9. The minimum absolute atomic E-state index is 0.395. The highest BCUT2D eigenvalue weighted by Crippen LogP contribution is 2.35. The summed E-state index contributed by atoms with van der Waals surface area (Å²) in [5.41, 5.74) is -0.555. The second kappa shape index (κ2) is 9.44. The maximum atomic E-state index is 13.7. The van der Waals surface area contributed by atoms with E-state index >= 15 is 0 Å². The second-order valence-electron chi connectivity index (χ2n) is 9.41. The van der Waals surface area contributed by atoms with Gasteiger partial charge in [0.15, 0.2) is 0 Å². The van der Waals surface area contributed by atoms with E-state index in [-0.39, 0.29) is 0 Å². The summed E-state index contributed by atoms with van der Waals surface area (Å²) in [6.45, 7) is 12.7. The van der Waals surface area contributed by atoms with Gasteiger partial charge in [-0.05, 0) is 77.8 Å². The van der Waals surface area contributed by atoms with E-state index in [0.717, 1.165) is 0 Å². The Balaban J connectivity index is 2.65. The van der Waals surface area contributed by atoms with Crippen molar-refractivity contribution in [2.45, 2.75) is 70.4 Å². The summed E-state index contributed by atoms with van der Waals surface area (Å²) >= 11 is 0. The molecule has 1 aromatic carbocycles. The summed E-state index contributed by atoms with van der Waals surface area (Å²) in [6.07, 6.45) is 2.66. The summed E-state index contributed by atoms with van der Waals surface area (Å²) in [7, 11) is -1.53. The third-order valence-electron chi connectivity index (χ3n) is 4.61. The van der Waals surface area contributed by atoms with Crippen LogP contribution in [0.15, 0.2) is 48.8 Å². The summed E-state index contributed by atoms with van der Waals surface area (Å²) in [4.78, 5) is 16.8. The van der Waals surface area contributed by atoms with E-state index in [9.17, 15) is 13.4 Å². The second-order valence-corrected chi connectivity index (χ2v) is 11.4. The number of ether oxygens (including phenoxy) is 1. The number of amides is 1. The van der Waals surface area contributed by atoms with Crippen LogP contribution in [0.2, 0.25) is 0 Å². The van der Waals surface area contributed by atoms with E-state index in [2.05, 4.69) is 15.0 Å². The molecule has 6 nitrogen and oxygen atoms in total. The number of benzene rings is 1. The lowest BCUT2D eigenvalue weighted by Crippen LogP contribution is -2.60. The Morgan fingerprint density at radius 3 is 2.16 bits per heavy atom. The SMILES string of the molecule is C[C@H](NC(=O)OC(C)(C)C)C(N[S@](=O)C(C)(C)C)(c1ccc(F)cc1)c1cccnc1. The number of alkyl carbamates (subject to hydrolysis) is 1. The van der Waals surface area contributed by atoms with Gasteiger partial charge in [-0.15, -0.1) is 0 Å². The number of halogens is 1. The largest absolute Gasteiger partial charge is 0.444 e. The highest BCUT2D eigenvalue weighted by Gasteiger charge is 2.44. The monoisotopic (exact) mass is 449 g/mol. The standard InChI is InChI=1S/C23H32FN3O3S/c1-16(26-20(28)30-21(2,3)4)23(18-9-8-14-25-15-18,27-31(29)22(5,6)7)17-10-12-19(24)13-11-17/h8-16,27H,1-7H3,(H,26,28)/t16-,23?,31+/m0/s1. The van der Waals surface area contributed by atoms with Gasteiger partial charge in [-0.2, -0.15) is 0 Å². The van der Waals surface area contributed by atoms with Crippen LogP contribution < -0.4 is 10.0 Å². The summed E-state index contributed by atoms with van der Waals surface area (Å²) in [5.74, 6) is -0.395. The maximum Gasteiger partial charge on any atom is 0.407 e. The molecule has 1 aromatic heterocycles. The van der Waals surface area contributed by atoms with Crippen LogP contribution in [0.25, 0.3) is 0 Å². The zero-order chi connectivity index (χ0) is 23.4. The van der Waals surface area contributed by atoms with Crippen molar-refractivity contribution < 1.29 is 18.1 Å². The predicted octanol–water partition coefficient (Wildman–Crippen LogP) is 4.43. The molecule has 1 unspecified atom stereocenters. The van der Waals surface area contributed by atoms with Gasteiger partial charge < -0.3 is 10.1 Å². The van der Waals surface area contributed by atoms with Crippen LogP contribution in [0.3, 0.4) is 0 Å². The van der Waals surface area contributed by atoms with Crippen LogP contribution >= 0.6 is 0 Å². The average Bonchev–Trinajstić information content (AvgIpc) is 2.65. The van der Waals surface area contributed by atoms with Crippen LogP contribution in [0, 0.1) is 5.82 Å². The molecule has 2 N–H and O–H groups in total. The molecule has 2 aromatic rings. The van der Waals surface area contributed by atoms with Gasteiger partial charge in [0.05, 0.1) is 21.8 Å². The van der Waals surface area contributed by atoms with Gasteiger partial charge in [0.2, 0.25) is 0 Å². The number of carbonyl (C=O) groups excluding carboxylic acids is 1. The van der Waals surface area contributed by atoms with Gasteiger partial charge >= 0.3 is 6.09 Å². The molecule has 170 valence electrons. The smallest absolute Gasteiger partial charge is 0.407 e. The van der Waals surface area contributed by atoms with E-state index in [1.165, 1.54) is 12.1 Å². The number of aromatic nitrogens is 1. The molecule has 8 heteroatoms. The van der Waals surface area contributed by atoms with Gasteiger partial charge in [-0.3, -0.25) is 4.98 Å². The average molecular weight is 450 g/mol. The van der Waals surface area contributed by atoms with Crippen molar-refractivity contribution in [2.24, 2.45) is 0 Å². The molecule has 0 spiro atoms. The molecule has 0 aliphatic carbocycles. The Hall–Kier alpha value is -2.32. The minimum Gasteiger partial charge on any atom is -0.444 e. The van der Waals surface area contributed by atoms with Gasteiger partial charge in [0, 0.05) is 12.4 Å². The number of hydrogen-bond donors (Lipinski definition) is 2. The first-order valence-corrected chi connectivity index (χ1v) is 11.3. The van der Waals surface area contributed by atoms with Gasteiger partial charge in [0.25, 0.3) is 0 Å². The molecule has 0 radical (unpaired) electrons. The molecular formula is C23H32FN3O3S. The zero-order valence-corrected chi connectivity index (χ0v) is 20.0. The number of nitrogens with one attached hydrogen (secondary N) is 2. The molecule has 0 bridgehead atoms. The Morgan fingerprint density at radius 2 is 1.68 bits per heavy atom. The van der Waals surface area contributed by atoms with Crippen LogP contribution in [-0.4, -0.2) is 31.7 Å².